The van der Waals surface area contributed by atoms with Crippen molar-refractivity contribution in [3.05, 3.63) is 57.3 Å². The normalized spacial score (nSPS) is 17.1. The molecule has 1 aliphatic rings. The third-order valence-corrected chi connectivity index (χ3v) is 5.18. The first-order valence-corrected chi connectivity index (χ1v) is 8.12. The minimum atomic E-state index is -0.986. The Morgan fingerprint density at radius 3 is 2.50 bits per heavy atom. The molecule has 22 heavy (non-hydrogen) atoms. The number of hydrogen-bond donors (Lipinski definition) is 1. The summed E-state index contributed by atoms with van der Waals surface area (Å²) in [5.74, 6) is -1.06. The monoisotopic (exact) mass is 315 g/mol. The summed E-state index contributed by atoms with van der Waals surface area (Å²) in [6.07, 6.45) is 1.74. The van der Waals surface area contributed by atoms with E-state index in [1.807, 2.05) is 17.0 Å². The van der Waals surface area contributed by atoms with Gasteiger partial charge in [-0.05, 0) is 36.1 Å². The van der Waals surface area contributed by atoms with Crippen molar-refractivity contribution in [2.75, 3.05) is 0 Å². The molecule has 0 spiro atoms. The van der Waals surface area contributed by atoms with E-state index in [0.29, 0.717) is 11.4 Å². The average molecular weight is 315 g/mol. The van der Waals surface area contributed by atoms with Crippen LogP contribution in [0.15, 0.2) is 36.4 Å². The summed E-state index contributed by atoms with van der Waals surface area (Å²) in [4.78, 5) is 26.3. The van der Waals surface area contributed by atoms with Gasteiger partial charge in [-0.2, -0.15) is 0 Å². The largest absolute Gasteiger partial charge is 0.477 e. The fraction of sp³-hybridized carbons (Fsp3) is 0.294. The first-order valence-electron chi connectivity index (χ1n) is 7.31. The standard InChI is InChI=1S/C17H17NO3S/c1-2-13-9-11-5-3-4-6-12(11)10-18(13)16(19)14-7-8-15(22-14)17(20)21/h3-8,13H,2,9-10H2,1H3,(H,20,21). The highest BCUT2D eigenvalue weighted by molar-refractivity contribution is 7.15. The molecule has 0 radical (unpaired) electrons. The van der Waals surface area contributed by atoms with Crippen LogP contribution in [0.3, 0.4) is 0 Å². The van der Waals surface area contributed by atoms with E-state index in [1.54, 1.807) is 6.07 Å². The van der Waals surface area contributed by atoms with Crippen LogP contribution in [-0.2, 0) is 13.0 Å². The number of carboxylic acids is 1. The summed E-state index contributed by atoms with van der Waals surface area (Å²) in [7, 11) is 0. The van der Waals surface area contributed by atoms with Gasteiger partial charge in [0.1, 0.15) is 4.88 Å². The number of fused-ring (bicyclic) bond motifs is 1. The van der Waals surface area contributed by atoms with Gasteiger partial charge < -0.3 is 10.0 Å². The van der Waals surface area contributed by atoms with Gasteiger partial charge in [-0.15, -0.1) is 11.3 Å². The van der Waals surface area contributed by atoms with Crippen LogP contribution in [0.4, 0.5) is 0 Å². The molecule has 0 bridgehead atoms. The number of carbonyl (C=O) groups excluding carboxylic acids is 1. The number of amides is 1. The Morgan fingerprint density at radius 2 is 1.86 bits per heavy atom. The maximum absolute atomic E-state index is 12.8. The van der Waals surface area contributed by atoms with E-state index < -0.39 is 5.97 Å². The number of hydrogen-bond acceptors (Lipinski definition) is 3. The number of carbonyl (C=O) groups is 2. The molecule has 114 valence electrons. The molecule has 0 saturated heterocycles. The van der Waals surface area contributed by atoms with E-state index in [4.69, 9.17) is 5.11 Å². The molecule has 1 aliphatic heterocycles. The summed E-state index contributed by atoms with van der Waals surface area (Å²) in [6.45, 7) is 2.67. The van der Waals surface area contributed by atoms with Gasteiger partial charge in [0.25, 0.3) is 5.91 Å². The number of nitrogens with zero attached hydrogens (tertiary/aromatic N) is 1. The maximum Gasteiger partial charge on any atom is 0.345 e. The molecule has 1 aromatic heterocycles. The highest BCUT2D eigenvalue weighted by Crippen LogP contribution is 2.28. The zero-order chi connectivity index (χ0) is 15.7. The fourth-order valence-corrected chi connectivity index (χ4v) is 3.70. The molecule has 1 N–H and O–H groups in total. The van der Waals surface area contributed by atoms with Gasteiger partial charge in [0.05, 0.1) is 4.88 Å². The zero-order valence-corrected chi connectivity index (χ0v) is 13.1. The van der Waals surface area contributed by atoms with Crippen molar-refractivity contribution in [3.63, 3.8) is 0 Å². The van der Waals surface area contributed by atoms with Crippen LogP contribution in [0, 0.1) is 0 Å². The summed E-state index contributed by atoms with van der Waals surface area (Å²) in [6, 6.07) is 11.5. The summed E-state index contributed by atoms with van der Waals surface area (Å²) in [5.41, 5.74) is 2.48. The Kier molecular flexibility index (Phi) is 3.98. The maximum atomic E-state index is 12.8. The molecule has 1 atom stereocenters. The number of rotatable bonds is 3. The second kappa shape index (κ2) is 5.93. The lowest BCUT2D eigenvalue weighted by molar-refractivity contribution is 0.0639. The van der Waals surface area contributed by atoms with Gasteiger partial charge in [0.15, 0.2) is 0 Å². The molecule has 0 saturated carbocycles. The third-order valence-electron chi connectivity index (χ3n) is 4.12. The number of benzene rings is 1. The van der Waals surface area contributed by atoms with Crippen molar-refractivity contribution in [1.82, 2.24) is 4.90 Å². The lowest BCUT2D eigenvalue weighted by atomic mass is 9.92. The Bertz CT molecular complexity index is 722. The SMILES string of the molecule is CCC1Cc2ccccc2CN1C(=O)c1ccc(C(=O)O)s1. The van der Waals surface area contributed by atoms with Crippen LogP contribution in [-0.4, -0.2) is 27.9 Å². The van der Waals surface area contributed by atoms with Crippen molar-refractivity contribution in [2.24, 2.45) is 0 Å². The molecule has 0 fully saturated rings. The Balaban J connectivity index is 1.89. The third kappa shape index (κ3) is 2.64. The molecule has 3 rings (SSSR count). The Morgan fingerprint density at radius 1 is 1.18 bits per heavy atom. The molecular formula is C17H17NO3S. The smallest absolute Gasteiger partial charge is 0.345 e. The van der Waals surface area contributed by atoms with Gasteiger partial charge in [-0.1, -0.05) is 31.2 Å². The summed E-state index contributed by atoms with van der Waals surface area (Å²) >= 11 is 1.05. The van der Waals surface area contributed by atoms with E-state index in [-0.39, 0.29) is 16.8 Å². The molecule has 2 aromatic rings. The van der Waals surface area contributed by atoms with Crippen LogP contribution < -0.4 is 0 Å². The number of aromatic carboxylic acids is 1. The van der Waals surface area contributed by atoms with Gasteiger partial charge in [0.2, 0.25) is 0 Å². The second-order valence-corrected chi connectivity index (χ2v) is 6.52. The Labute approximate surface area is 133 Å². The second-order valence-electron chi connectivity index (χ2n) is 5.44. The van der Waals surface area contributed by atoms with Crippen LogP contribution in [0.1, 0.15) is 43.8 Å². The van der Waals surface area contributed by atoms with Crippen molar-refractivity contribution in [2.45, 2.75) is 32.4 Å². The molecule has 1 unspecified atom stereocenters. The van der Waals surface area contributed by atoms with Crippen molar-refractivity contribution >= 4 is 23.2 Å². The van der Waals surface area contributed by atoms with E-state index >= 15 is 0 Å². The molecule has 1 aromatic carbocycles. The lowest BCUT2D eigenvalue weighted by Crippen LogP contribution is -2.43. The molecular weight excluding hydrogens is 298 g/mol. The van der Waals surface area contributed by atoms with Crippen molar-refractivity contribution < 1.29 is 14.7 Å². The Hall–Kier alpha value is -2.14. The van der Waals surface area contributed by atoms with Crippen LogP contribution >= 0.6 is 11.3 Å². The highest BCUT2D eigenvalue weighted by Gasteiger charge is 2.30. The summed E-state index contributed by atoms with van der Waals surface area (Å²) in [5, 5.41) is 9.00. The molecule has 5 heteroatoms. The number of thiophene rings is 1. The molecule has 0 aliphatic carbocycles. The fourth-order valence-electron chi connectivity index (χ4n) is 2.90. The number of carboxylic acid groups (broad SMARTS) is 1. The summed E-state index contributed by atoms with van der Waals surface area (Å²) < 4.78 is 0. The van der Waals surface area contributed by atoms with Gasteiger partial charge in [-0.3, -0.25) is 4.79 Å². The van der Waals surface area contributed by atoms with E-state index in [2.05, 4.69) is 19.1 Å². The predicted octanol–water partition coefficient (Wildman–Crippen LogP) is 3.42. The highest BCUT2D eigenvalue weighted by atomic mass is 32.1. The van der Waals surface area contributed by atoms with Crippen LogP contribution in [0.5, 0.6) is 0 Å². The minimum Gasteiger partial charge on any atom is -0.477 e. The first-order chi connectivity index (χ1) is 10.6. The first kappa shape index (κ1) is 14.8. The lowest BCUT2D eigenvalue weighted by Gasteiger charge is -2.36. The van der Waals surface area contributed by atoms with Crippen molar-refractivity contribution in [1.29, 1.82) is 0 Å². The van der Waals surface area contributed by atoms with E-state index in [0.717, 1.165) is 24.2 Å². The van der Waals surface area contributed by atoms with Gasteiger partial charge >= 0.3 is 5.97 Å². The van der Waals surface area contributed by atoms with E-state index in [1.165, 1.54) is 17.2 Å². The molecule has 4 nitrogen and oxygen atoms in total. The van der Waals surface area contributed by atoms with Crippen LogP contribution in [0.2, 0.25) is 0 Å². The topological polar surface area (TPSA) is 57.6 Å². The van der Waals surface area contributed by atoms with Gasteiger partial charge in [0, 0.05) is 12.6 Å². The zero-order valence-electron chi connectivity index (χ0n) is 12.3. The van der Waals surface area contributed by atoms with E-state index in [9.17, 15) is 9.59 Å². The average Bonchev–Trinajstić information content (AvgIpc) is 3.03. The quantitative estimate of drug-likeness (QED) is 0.944. The van der Waals surface area contributed by atoms with Crippen LogP contribution in [0.25, 0.3) is 0 Å². The van der Waals surface area contributed by atoms with Gasteiger partial charge in [-0.25, -0.2) is 4.79 Å². The minimum absolute atomic E-state index is 0.0705. The predicted molar refractivity (Wildman–Crippen MR) is 85.4 cm³/mol. The van der Waals surface area contributed by atoms with Crippen molar-refractivity contribution in [3.8, 4) is 0 Å². The molecule has 1 amide bonds. The molecule has 2 heterocycles.